The second-order valence-corrected chi connectivity index (χ2v) is 8.20. The molecule has 7 heteroatoms. The Morgan fingerprint density at radius 3 is 2.38 bits per heavy atom. The molecular weight excluding hydrogens is 409 g/mol. The van der Waals surface area contributed by atoms with Gasteiger partial charge in [0.2, 0.25) is 5.91 Å². The summed E-state index contributed by atoms with van der Waals surface area (Å²) in [6.07, 6.45) is 3.10. The van der Waals surface area contributed by atoms with Gasteiger partial charge in [0.25, 0.3) is 5.91 Å². The highest BCUT2D eigenvalue weighted by molar-refractivity contribution is 5.97. The molecule has 32 heavy (non-hydrogen) atoms. The van der Waals surface area contributed by atoms with Crippen LogP contribution < -0.4 is 0 Å². The lowest BCUT2D eigenvalue weighted by atomic mass is 9.73. The molecule has 2 aliphatic heterocycles. The highest BCUT2D eigenvalue weighted by Crippen LogP contribution is 2.43. The summed E-state index contributed by atoms with van der Waals surface area (Å²) >= 11 is 0. The number of pyridine rings is 1. The molecule has 3 aromatic rings. The number of fused-ring (bicyclic) bond motifs is 1. The summed E-state index contributed by atoms with van der Waals surface area (Å²) in [7, 11) is 0. The molecule has 0 bridgehead atoms. The van der Waals surface area contributed by atoms with Crippen LogP contribution in [0.5, 0.6) is 0 Å². The Morgan fingerprint density at radius 1 is 1.06 bits per heavy atom. The molecule has 3 heterocycles. The van der Waals surface area contributed by atoms with Gasteiger partial charge in [-0.05, 0) is 41.0 Å². The number of aliphatic hydroxyl groups excluding tert-OH is 1. The Morgan fingerprint density at radius 2 is 1.75 bits per heavy atom. The molecule has 0 unspecified atom stereocenters. The molecular formula is C25H22FN3O3. The highest BCUT2D eigenvalue weighted by Gasteiger charge is 2.54. The van der Waals surface area contributed by atoms with Crippen molar-refractivity contribution in [3.05, 3.63) is 90.0 Å². The molecule has 5 rings (SSSR count). The Labute approximate surface area is 184 Å². The summed E-state index contributed by atoms with van der Waals surface area (Å²) in [5, 5.41) is 9.97. The second kappa shape index (κ2) is 8.16. The van der Waals surface area contributed by atoms with Crippen molar-refractivity contribution in [1.29, 1.82) is 0 Å². The fourth-order valence-electron chi connectivity index (χ4n) is 4.87. The molecule has 6 nitrogen and oxygen atoms in total. The van der Waals surface area contributed by atoms with E-state index in [9.17, 15) is 19.1 Å². The number of amides is 2. The van der Waals surface area contributed by atoms with E-state index in [0.29, 0.717) is 12.1 Å². The molecule has 0 saturated carbocycles. The average Bonchev–Trinajstić information content (AvgIpc) is 2.81. The molecule has 0 aliphatic carbocycles. The van der Waals surface area contributed by atoms with E-state index in [1.54, 1.807) is 40.3 Å². The minimum atomic E-state index is -0.306. The molecule has 0 radical (unpaired) electrons. The number of aliphatic hydroxyl groups is 1. The van der Waals surface area contributed by atoms with Crippen LogP contribution in [-0.4, -0.2) is 63.5 Å². The summed E-state index contributed by atoms with van der Waals surface area (Å²) in [4.78, 5) is 32.9. The summed E-state index contributed by atoms with van der Waals surface area (Å²) < 4.78 is 13.2. The number of aromatic nitrogens is 1. The Kier molecular flexibility index (Phi) is 5.19. The van der Waals surface area contributed by atoms with Gasteiger partial charge < -0.3 is 14.9 Å². The standard InChI is InChI=1S/C25H22FN3O3/c26-20-9-7-17(8-10-20)16-3-5-18(6-4-16)24-21-13-28(14-23(31)29(21)22(24)15-30)25(32)19-2-1-11-27-12-19/h1-12,21-22,24,30H,13-15H2/t21-,22-,24+/m0/s1. The molecule has 0 spiro atoms. The topological polar surface area (TPSA) is 73.7 Å². The lowest BCUT2D eigenvalue weighted by Gasteiger charge is -2.58. The SMILES string of the molecule is O=C(c1cccnc1)N1CC(=O)N2[C@@H](CO)[C@H](c3ccc(-c4ccc(F)cc4)cc3)[C@@H]2C1. The van der Waals surface area contributed by atoms with E-state index in [4.69, 9.17) is 0 Å². The molecule has 1 aromatic heterocycles. The van der Waals surface area contributed by atoms with E-state index in [2.05, 4.69) is 4.98 Å². The van der Waals surface area contributed by atoms with Gasteiger partial charge in [-0.3, -0.25) is 14.6 Å². The Hall–Kier alpha value is -3.58. The summed E-state index contributed by atoms with van der Waals surface area (Å²) in [5.74, 6) is -0.727. The molecule has 1 N–H and O–H groups in total. The number of carbonyl (C=O) groups is 2. The van der Waals surface area contributed by atoms with Crippen LogP contribution in [0.15, 0.2) is 73.1 Å². The van der Waals surface area contributed by atoms with E-state index in [0.717, 1.165) is 16.7 Å². The van der Waals surface area contributed by atoms with Crippen LogP contribution in [0.1, 0.15) is 21.8 Å². The normalized spacial score (nSPS) is 22.3. The number of halogens is 1. The quantitative estimate of drug-likeness (QED) is 0.690. The lowest BCUT2D eigenvalue weighted by Crippen LogP contribution is -2.73. The fourth-order valence-corrected chi connectivity index (χ4v) is 4.87. The first kappa shape index (κ1) is 20.3. The molecule has 2 amide bonds. The molecule has 3 atom stereocenters. The van der Waals surface area contributed by atoms with Crippen molar-refractivity contribution in [2.75, 3.05) is 19.7 Å². The van der Waals surface area contributed by atoms with Gasteiger partial charge in [0.1, 0.15) is 12.4 Å². The molecule has 2 fully saturated rings. The number of nitrogens with zero attached hydrogens (tertiary/aromatic N) is 3. The molecule has 2 aliphatic rings. The summed E-state index contributed by atoms with van der Waals surface area (Å²) in [5.41, 5.74) is 3.32. The van der Waals surface area contributed by atoms with Gasteiger partial charge in [-0.25, -0.2) is 4.39 Å². The van der Waals surface area contributed by atoms with E-state index in [1.165, 1.54) is 18.3 Å². The third-order valence-electron chi connectivity index (χ3n) is 6.42. The van der Waals surface area contributed by atoms with Crippen molar-refractivity contribution in [2.24, 2.45) is 0 Å². The van der Waals surface area contributed by atoms with Gasteiger partial charge in [-0.1, -0.05) is 36.4 Å². The van der Waals surface area contributed by atoms with E-state index in [1.807, 2.05) is 24.3 Å². The maximum Gasteiger partial charge on any atom is 0.255 e. The number of hydrogen-bond donors (Lipinski definition) is 1. The first-order chi connectivity index (χ1) is 15.6. The fraction of sp³-hybridized carbons (Fsp3) is 0.240. The highest BCUT2D eigenvalue weighted by atomic mass is 19.1. The van der Waals surface area contributed by atoms with E-state index in [-0.39, 0.29) is 48.8 Å². The number of hydrogen-bond acceptors (Lipinski definition) is 4. The minimum absolute atomic E-state index is 0.00302. The van der Waals surface area contributed by atoms with Gasteiger partial charge in [-0.15, -0.1) is 0 Å². The zero-order valence-corrected chi connectivity index (χ0v) is 17.3. The van der Waals surface area contributed by atoms with Crippen LogP contribution in [0.3, 0.4) is 0 Å². The minimum Gasteiger partial charge on any atom is -0.394 e. The summed E-state index contributed by atoms with van der Waals surface area (Å²) in [6, 6.07) is 17.1. The van der Waals surface area contributed by atoms with Crippen LogP contribution in [0.4, 0.5) is 4.39 Å². The van der Waals surface area contributed by atoms with Crippen LogP contribution in [-0.2, 0) is 4.79 Å². The van der Waals surface area contributed by atoms with Crippen molar-refractivity contribution in [2.45, 2.75) is 18.0 Å². The van der Waals surface area contributed by atoms with E-state index < -0.39 is 0 Å². The number of rotatable bonds is 4. The van der Waals surface area contributed by atoms with Gasteiger partial charge >= 0.3 is 0 Å². The van der Waals surface area contributed by atoms with Crippen LogP contribution in [0, 0.1) is 5.82 Å². The number of benzene rings is 2. The smallest absolute Gasteiger partial charge is 0.255 e. The first-order valence-corrected chi connectivity index (χ1v) is 10.5. The van der Waals surface area contributed by atoms with E-state index >= 15 is 0 Å². The van der Waals surface area contributed by atoms with Crippen molar-refractivity contribution in [3.8, 4) is 11.1 Å². The molecule has 162 valence electrons. The van der Waals surface area contributed by atoms with Crippen molar-refractivity contribution in [3.63, 3.8) is 0 Å². The van der Waals surface area contributed by atoms with Crippen molar-refractivity contribution >= 4 is 11.8 Å². The molecule has 2 aromatic carbocycles. The first-order valence-electron chi connectivity index (χ1n) is 10.5. The maximum absolute atomic E-state index is 13.2. The van der Waals surface area contributed by atoms with Gasteiger partial charge in [0.15, 0.2) is 0 Å². The zero-order valence-electron chi connectivity index (χ0n) is 17.3. The van der Waals surface area contributed by atoms with Crippen LogP contribution >= 0.6 is 0 Å². The summed E-state index contributed by atoms with van der Waals surface area (Å²) in [6.45, 7) is 0.264. The van der Waals surface area contributed by atoms with Gasteiger partial charge in [-0.2, -0.15) is 0 Å². The third-order valence-corrected chi connectivity index (χ3v) is 6.42. The number of carbonyl (C=O) groups excluding carboxylic acids is 2. The van der Waals surface area contributed by atoms with Crippen LogP contribution in [0.2, 0.25) is 0 Å². The van der Waals surface area contributed by atoms with Crippen molar-refractivity contribution < 1.29 is 19.1 Å². The predicted octanol–water partition coefficient (Wildman–Crippen LogP) is 2.70. The van der Waals surface area contributed by atoms with Crippen LogP contribution in [0.25, 0.3) is 11.1 Å². The Bertz CT molecular complexity index is 1140. The van der Waals surface area contributed by atoms with Crippen molar-refractivity contribution in [1.82, 2.24) is 14.8 Å². The van der Waals surface area contributed by atoms with Gasteiger partial charge in [0.05, 0.1) is 24.3 Å². The Balaban J connectivity index is 1.38. The zero-order chi connectivity index (χ0) is 22.2. The largest absolute Gasteiger partial charge is 0.394 e. The second-order valence-electron chi connectivity index (χ2n) is 8.20. The third kappa shape index (κ3) is 3.44. The monoisotopic (exact) mass is 431 g/mol. The number of piperazine rings is 1. The molecule has 2 saturated heterocycles. The predicted molar refractivity (Wildman–Crippen MR) is 116 cm³/mol. The lowest BCUT2D eigenvalue weighted by molar-refractivity contribution is -0.159. The average molecular weight is 431 g/mol. The maximum atomic E-state index is 13.2. The van der Waals surface area contributed by atoms with Gasteiger partial charge in [0, 0.05) is 24.9 Å².